The molecular formula is C20H24FN3O5S3. The molecule has 0 radical (unpaired) electrons. The van der Waals surface area contributed by atoms with Gasteiger partial charge in [-0.2, -0.15) is 4.39 Å². The van der Waals surface area contributed by atoms with Crippen LogP contribution in [-0.2, 0) is 24.7 Å². The van der Waals surface area contributed by atoms with E-state index in [0.29, 0.717) is 55.7 Å². The van der Waals surface area contributed by atoms with Gasteiger partial charge in [-0.3, -0.25) is 4.79 Å². The highest BCUT2D eigenvalue weighted by molar-refractivity contribution is 7.92. The lowest BCUT2D eigenvalue weighted by molar-refractivity contribution is -0.118. The van der Waals surface area contributed by atoms with Crippen LogP contribution in [0.4, 0.5) is 9.52 Å². The third-order valence-corrected chi connectivity index (χ3v) is 10.1. The number of halogens is 1. The van der Waals surface area contributed by atoms with Gasteiger partial charge in [0.1, 0.15) is 0 Å². The topological polar surface area (TPSA) is 114 Å². The number of sulfonamides is 1. The molecule has 1 amide bonds. The van der Waals surface area contributed by atoms with E-state index in [1.54, 1.807) is 12.1 Å². The van der Waals surface area contributed by atoms with Gasteiger partial charge in [0.05, 0.1) is 28.5 Å². The number of rotatable bonds is 8. The highest BCUT2D eigenvalue weighted by Gasteiger charge is 2.37. The first-order valence-electron chi connectivity index (χ1n) is 10.2. The number of nitrogens with zero attached hydrogens (tertiary/aromatic N) is 2. The Labute approximate surface area is 190 Å². The molecule has 2 aromatic rings. The van der Waals surface area contributed by atoms with E-state index in [0.717, 1.165) is 12.5 Å². The van der Waals surface area contributed by atoms with E-state index in [2.05, 4.69) is 10.3 Å². The Kier molecular flexibility index (Phi) is 6.40. The van der Waals surface area contributed by atoms with E-state index in [9.17, 15) is 26.0 Å². The summed E-state index contributed by atoms with van der Waals surface area (Å²) in [5.74, 6) is -1.09. The number of nitrogens with one attached hydrogen (secondary N) is 1. The molecule has 174 valence electrons. The van der Waals surface area contributed by atoms with Crippen LogP contribution in [0.3, 0.4) is 0 Å². The van der Waals surface area contributed by atoms with E-state index >= 15 is 0 Å². The quantitative estimate of drug-likeness (QED) is 0.595. The van der Waals surface area contributed by atoms with E-state index < -0.39 is 36.8 Å². The molecule has 0 bridgehead atoms. The van der Waals surface area contributed by atoms with Crippen molar-refractivity contribution in [2.24, 2.45) is 5.92 Å². The van der Waals surface area contributed by atoms with Crippen LogP contribution in [0.15, 0.2) is 35.4 Å². The van der Waals surface area contributed by atoms with Crippen molar-refractivity contribution in [3.05, 3.63) is 41.2 Å². The number of hydrogen-bond donors (Lipinski definition) is 1. The molecule has 2 heterocycles. The summed E-state index contributed by atoms with van der Waals surface area (Å²) in [6.45, 7) is 0.719. The number of anilines is 1. The number of amides is 1. The van der Waals surface area contributed by atoms with Gasteiger partial charge in [0.15, 0.2) is 20.1 Å². The molecule has 1 aromatic carbocycles. The van der Waals surface area contributed by atoms with Crippen LogP contribution < -0.4 is 5.32 Å². The number of benzene rings is 1. The van der Waals surface area contributed by atoms with Gasteiger partial charge in [0, 0.05) is 13.1 Å². The first-order chi connectivity index (χ1) is 15.0. The summed E-state index contributed by atoms with van der Waals surface area (Å²) in [6.07, 6.45) is 4.51. The lowest BCUT2D eigenvalue weighted by Crippen LogP contribution is -2.28. The van der Waals surface area contributed by atoms with E-state index in [-0.39, 0.29) is 21.2 Å². The van der Waals surface area contributed by atoms with Gasteiger partial charge < -0.3 is 5.32 Å². The smallest absolute Gasteiger partial charge is 0.233 e. The first kappa shape index (κ1) is 23.3. The average Bonchev–Trinajstić information content (AvgIpc) is 3.36. The van der Waals surface area contributed by atoms with Crippen molar-refractivity contribution >= 4 is 42.2 Å². The Hall–Kier alpha value is -1.89. The highest BCUT2D eigenvalue weighted by Crippen LogP contribution is 2.35. The zero-order valence-corrected chi connectivity index (χ0v) is 19.8. The van der Waals surface area contributed by atoms with Crippen LogP contribution in [0, 0.1) is 11.0 Å². The van der Waals surface area contributed by atoms with Gasteiger partial charge in [-0.15, -0.1) is 0 Å². The summed E-state index contributed by atoms with van der Waals surface area (Å²) in [5.41, 5.74) is 0.618. The Balaban J connectivity index is 1.56. The summed E-state index contributed by atoms with van der Waals surface area (Å²) in [5, 5.41) is 1.91. The maximum atomic E-state index is 13.3. The molecule has 1 N–H and O–H groups in total. The molecule has 1 aliphatic carbocycles. The molecule has 2 atom stereocenters. The fraction of sp³-hybridized carbons (Fsp3) is 0.500. The third kappa shape index (κ3) is 5.19. The number of hydrogen-bond acceptors (Lipinski definition) is 7. The normalized spacial score (nSPS) is 20.9. The fourth-order valence-corrected chi connectivity index (χ4v) is 7.11. The van der Waals surface area contributed by atoms with Crippen LogP contribution in [0.25, 0.3) is 0 Å². The SMILES string of the molecule is CS(=O)(=O)N1CCC(CC(C(=O)Nc2ncc(F)s2)c2ccc(S(=O)(=O)C3CC3)cc2)C1. The Morgan fingerprint density at radius 2 is 1.91 bits per heavy atom. The highest BCUT2D eigenvalue weighted by atomic mass is 32.2. The number of thiazole rings is 1. The predicted octanol–water partition coefficient (Wildman–Crippen LogP) is 2.61. The van der Waals surface area contributed by atoms with Gasteiger partial charge in [0.25, 0.3) is 0 Å². The summed E-state index contributed by atoms with van der Waals surface area (Å²) >= 11 is 0.715. The number of aromatic nitrogens is 1. The van der Waals surface area contributed by atoms with Crippen molar-refractivity contribution < 1.29 is 26.0 Å². The lowest BCUT2D eigenvalue weighted by Gasteiger charge is -2.21. The monoisotopic (exact) mass is 501 g/mol. The van der Waals surface area contributed by atoms with Gasteiger partial charge >= 0.3 is 0 Å². The van der Waals surface area contributed by atoms with E-state index in [1.807, 2.05) is 0 Å². The zero-order valence-electron chi connectivity index (χ0n) is 17.4. The summed E-state index contributed by atoms with van der Waals surface area (Å²) in [6, 6.07) is 6.30. The summed E-state index contributed by atoms with van der Waals surface area (Å²) in [4.78, 5) is 17.1. The van der Waals surface area contributed by atoms with Crippen LogP contribution in [0.2, 0.25) is 0 Å². The van der Waals surface area contributed by atoms with Gasteiger partial charge in [-0.25, -0.2) is 26.1 Å². The first-order valence-corrected chi connectivity index (χ1v) is 14.5. The summed E-state index contributed by atoms with van der Waals surface area (Å²) < 4.78 is 63.4. The molecule has 2 unspecified atom stereocenters. The molecule has 1 aromatic heterocycles. The van der Waals surface area contributed by atoms with Crippen molar-refractivity contribution in [2.75, 3.05) is 24.7 Å². The molecule has 2 aliphatic rings. The van der Waals surface area contributed by atoms with Crippen LogP contribution in [0.1, 0.15) is 37.2 Å². The molecule has 1 saturated heterocycles. The molecule has 2 fully saturated rings. The van der Waals surface area contributed by atoms with E-state index in [4.69, 9.17) is 0 Å². The van der Waals surface area contributed by atoms with Gasteiger partial charge in [0.2, 0.25) is 15.9 Å². The Morgan fingerprint density at radius 1 is 1.22 bits per heavy atom. The van der Waals surface area contributed by atoms with Crippen molar-refractivity contribution in [2.45, 2.75) is 41.7 Å². The van der Waals surface area contributed by atoms with E-state index in [1.165, 1.54) is 16.4 Å². The Morgan fingerprint density at radius 3 is 2.44 bits per heavy atom. The van der Waals surface area contributed by atoms with Crippen molar-refractivity contribution in [1.82, 2.24) is 9.29 Å². The molecule has 8 nitrogen and oxygen atoms in total. The van der Waals surface area contributed by atoms with Crippen molar-refractivity contribution in [3.63, 3.8) is 0 Å². The third-order valence-electron chi connectivity index (χ3n) is 5.88. The molecule has 4 rings (SSSR count). The number of carbonyl (C=O) groups excluding carboxylic acids is 1. The minimum Gasteiger partial charge on any atom is -0.301 e. The molecule has 1 saturated carbocycles. The minimum absolute atomic E-state index is 0.0385. The second-order valence-corrected chi connectivity index (χ2v) is 13.5. The largest absolute Gasteiger partial charge is 0.301 e. The predicted molar refractivity (Wildman–Crippen MR) is 119 cm³/mol. The van der Waals surface area contributed by atoms with Crippen molar-refractivity contribution in [3.8, 4) is 0 Å². The van der Waals surface area contributed by atoms with Crippen LogP contribution in [-0.4, -0.2) is 56.6 Å². The van der Waals surface area contributed by atoms with Crippen LogP contribution in [0.5, 0.6) is 0 Å². The number of carbonyl (C=O) groups is 1. The second kappa shape index (κ2) is 8.81. The molecular weight excluding hydrogens is 477 g/mol. The number of sulfone groups is 1. The zero-order chi connectivity index (χ0) is 23.1. The van der Waals surface area contributed by atoms with Crippen LogP contribution >= 0.6 is 11.3 Å². The minimum atomic E-state index is -3.34. The molecule has 32 heavy (non-hydrogen) atoms. The fourth-order valence-electron chi connectivity index (χ4n) is 3.98. The second-order valence-electron chi connectivity index (χ2n) is 8.34. The molecule has 0 spiro atoms. The average molecular weight is 502 g/mol. The van der Waals surface area contributed by atoms with Gasteiger partial charge in [-0.1, -0.05) is 23.5 Å². The van der Waals surface area contributed by atoms with Gasteiger partial charge in [-0.05, 0) is 49.3 Å². The maximum Gasteiger partial charge on any atom is 0.233 e. The summed E-state index contributed by atoms with van der Waals surface area (Å²) in [7, 11) is -6.65. The maximum absolute atomic E-state index is 13.3. The lowest BCUT2D eigenvalue weighted by atomic mass is 9.87. The molecule has 1 aliphatic heterocycles. The standard InChI is InChI=1S/C20H24FN3O5S3/c1-31(26,27)24-9-8-13(12-24)10-17(19(25)23-20-22-11-18(21)30-20)14-2-4-15(5-3-14)32(28,29)16-6-7-16/h2-5,11,13,16-17H,6-10,12H2,1H3,(H,22,23,25). The molecule has 12 heteroatoms. The van der Waals surface area contributed by atoms with Crippen molar-refractivity contribution in [1.29, 1.82) is 0 Å². The Bertz CT molecular complexity index is 1210.